The van der Waals surface area contributed by atoms with Crippen LogP contribution in [-0.4, -0.2) is 27.4 Å². The van der Waals surface area contributed by atoms with Gasteiger partial charge in [0, 0.05) is 6.54 Å². The highest BCUT2D eigenvalue weighted by molar-refractivity contribution is 5.53. The van der Waals surface area contributed by atoms with Crippen LogP contribution < -0.4 is 19.9 Å². The first-order valence-corrected chi connectivity index (χ1v) is 4.78. The highest BCUT2D eigenvalue weighted by atomic mass is 16.5. The standard InChI is InChI=1S/C11H17NO3/c1-8-6-9(13-2)11(15-5-4-12)10(7-8)14-3/h6-7H,4-5,12H2,1-3H3. The molecule has 0 atom stereocenters. The van der Waals surface area contributed by atoms with Gasteiger partial charge in [0.25, 0.3) is 0 Å². The molecule has 1 aromatic rings. The number of ether oxygens (including phenoxy) is 3. The van der Waals surface area contributed by atoms with E-state index in [-0.39, 0.29) is 0 Å². The van der Waals surface area contributed by atoms with Crippen molar-refractivity contribution < 1.29 is 14.2 Å². The molecule has 0 aliphatic heterocycles. The topological polar surface area (TPSA) is 53.7 Å². The minimum Gasteiger partial charge on any atom is -0.493 e. The fourth-order valence-electron chi connectivity index (χ4n) is 1.31. The fourth-order valence-corrected chi connectivity index (χ4v) is 1.31. The van der Waals surface area contributed by atoms with Crippen LogP contribution in [0.3, 0.4) is 0 Å². The summed E-state index contributed by atoms with van der Waals surface area (Å²) in [5, 5.41) is 0. The van der Waals surface area contributed by atoms with Crippen LogP contribution >= 0.6 is 0 Å². The van der Waals surface area contributed by atoms with E-state index >= 15 is 0 Å². The molecule has 0 unspecified atom stereocenters. The largest absolute Gasteiger partial charge is 0.493 e. The molecule has 0 fully saturated rings. The third-order valence-corrected chi connectivity index (χ3v) is 1.97. The Labute approximate surface area is 89.9 Å². The Morgan fingerprint density at radius 1 is 1.13 bits per heavy atom. The Bertz CT molecular complexity index is 301. The van der Waals surface area contributed by atoms with Crippen LogP contribution in [0.2, 0.25) is 0 Å². The molecule has 0 heterocycles. The Balaban J connectivity index is 3.06. The monoisotopic (exact) mass is 211 g/mol. The predicted molar refractivity (Wildman–Crippen MR) is 58.8 cm³/mol. The van der Waals surface area contributed by atoms with Crippen molar-refractivity contribution in [1.82, 2.24) is 0 Å². The van der Waals surface area contributed by atoms with E-state index in [1.54, 1.807) is 14.2 Å². The second kappa shape index (κ2) is 5.46. The highest BCUT2D eigenvalue weighted by Gasteiger charge is 2.12. The third-order valence-electron chi connectivity index (χ3n) is 1.97. The second-order valence-electron chi connectivity index (χ2n) is 3.14. The molecule has 0 amide bonds. The quantitative estimate of drug-likeness (QED) is 0.798. The van der Waals surface area contributed by atoms with Crippen molar-refractivity contribution in [3.05, 3.63) is 17.7 Å². The first-order chi connectivity index (χ1) is 7.22. The Hall–Kier alpha value is -1.42. The SMILES string of the molecule is COc1cc(C)cc(OC)c1OCCN. The zero-order valence-electron chi connectivity index (χ0n) is 9.37. The van der Waals surface area contributed by atoms with E-state index in [2.05, 4.69) is 0 Å². The van der Waals surface area contributed by atoms with E-state index in [0.717, 1.165) is 5.56 Å². The number of aryl methyl sites for hydroxylation is 1. The van der Waals surface area contributed by atoms with Gasteiger partial charge in [-0.15, -0.1) is 0 Å². The van der Waals surface area contributed by atoms with Gasteiger partial charge in [-0.25, -0.2) is 0 Å². The number of nitrogens with two attached hydrogens (primary N) is 1. The van der Waals surface area contributed by atoms with Gasteiger partial charge in [-0.05, 0) is 24.6 Å². The molecule has 0 spiro atoms. The highest BCUT2D eigenvalue weighted by Crippen LogP contribution is 2.38. The van der Waals surface area contributed by atoms with Crippen molar-refractivity contribution in [3.63, 3.8) is 0 Å². The van der Waals surface area contributed by atoms with E-state index < -0.39 is 0 Å². The van der Waals surface area contributed by atoms with Crippen molar-refractivity contribution in [2.75, 3.05) is 27.4 Å². The lowest BCUT2D eigenvalue weighted by Crippen LogP contribution is -2.11. The van der Waals surface area contributed by atoms with Crippen LogP contribution in [0.4, 0.5) is 0 Å². The van der Waals surface area contributed by atoms with Crippen LogP contribution in [0.1, 0.15) is 5.56 Å². The van der Waals surface area contributed by atoms with Crippen molar-refractivity contribution in [3.8, 4) is 17.2 Å². The summed E-state index contributed by atoms with van der Waals surface area (Å²) in [5.74, 6) is 1.94. The maximum atomic E-state index is 5.48. The number of rotatable bonds is 5. The van der Waals surface area contributed by atoms with Gasteiger partial charge in [0.1, 0.15) is 6.61 Å². The van der Waals surface area contributed by atoms with Gasteiger partial charge >= 0.3 is 0 Å². The Morgan fingerprint density at radius 2 is 1.67 bits per heavy atom. The third kappa shape index (κ3) is 2.76. The summed E-state index contributed by atoms with van der Waals surface area (Å²) >= 11 is 0. The lowest BCUT2D eigenvalue weighted by Gasteiger charge is -2.14. The Morgan fingerprint density at radius 3 is 2.07 bits per heavy atom. The molecule has 4 nitrogen and oxygen atoms in total. The van der Waals surface area contributed by atoms with Crippen LogP contribution in [0.25, 0.3) is 0 Å². The summed E-state index contributed by atoms with van der Waals surface area (Å²) in [6.07, 6.45) is 0. The summed E-state index contributed by atoms with van der Waals surface area (Å²) in [7, 11) is 3.20. The van der Waals surface area contributed by atoms with E-state index in [4.69, 9.17) is 19.9 Å². The molecular weight excluding hydrogens is 194 g/mol. The molecule has 0 aliphatic rings. The van der Waals surface area contributed by atoms with Crippen LogP contribution in [0.5, 0.6) is 17.2 Å². The number of hydrogen-bond donors (Lipinski definition) is 1. The maximum Gasteiger partial charge on any atom is 0.203 e. The molecule has 0 aliphatic carbocycles. The molecule has 84 valence electrons. The van der Waals surface area contributed by atoms with Gasteiger partial charge in [-0.2, -0.15) is 0 Å². The molecule has 0 aromatic heterocycles. The van der Waals surface area contributed by atoms with Gasteiger partial charge in [-0.3, -0.25) is 0 Å². The fraction of sp³-hybridized carbons (Fsp3) is 0.455. The van der Waals surface area contributed by atoms with Crippen molar-refractivity contribution in [2.24, 2.45) is 5.73 Å². The van der Waals surface area contributed by atoms with Crippen LogP contribution in [-0.2, 0) is 0 Å². The summed E-state index contributed by atoms with van der Waals surface area (Å²) in [6.45, 7) is 2.87. The Kier molecular flexibility index (Phi) is 4.24. The van der Waals surface area contributed by atoms with Gasteiger partial charge in [0.2, 0.25) is 5.75 Å². The number of benzene rings is 1. The minimum atomic E-state index is 0.440. The molecule has 0 bridgehead atoms. The van der Waals surface area contributed by atoms with Gasteiger partial charge < -0.3 is 19.9 Å². The van der Waals surface area contributed by atoms with Crippen molar-refractivity contribution >= 4 is 0 Å². The van der Waals surface area contributed by atoms with E-state index in [9.17, 15) is 0 Å². The van der Waals surface area contributed by atoms with Gasteiger partial charge in [0.05, 0.1) is 14.2 Å². The molecule has 1 aromatic carbocycles. The summed E-state index contributed by atoms with van der Waals surface area (Å²) < 4.78 is 15.9. The summed E-state index contributed by atoms with van der Waals surface area (Å²) in [5.41, 5.74) is 6.44. The van der Waals surface area contributed by atoms with Crippen LogP contribution in [0.15, 0.2) is 12.1 Å². The predicted octanol–water partition coefficient (Wildman–Crippen LogP) is 1.35. The zero-order chi connectivity index (χ0) is 11.3. The second-order valence-corrected chi connectivity index (χ2v) is 3.14. The molecule has 0 radical (unpaired) electrons. The van der Waals surface area contributed by atoms with Crippen molar-refractivity contribution in [2.45, 2.75) is 6.92 Å². The first-order valence-electron chi connectivity index (χ1n) is 4.78. The molecular formula is C11H17NO3. The molecule has 15 heavy (non-hydrogen) atoms. The van der Waals surface area contributed by atoms with Gasteiger partial charge in [0.15, 0.2) is 11.5 Å². The average Bonchev–Trinajstić information content (AvgIpc) is 2.26. The molecule has 0 saturated carbocycles. The maximum absolute atomic E-state index is 5.48. The summed E-state index contributed by atoms with van der Waals surface area (Å²) in [4.78, 5) is 0. The first kappa shape index (κ1) is 11.7. The minimum absolute atomic E-state index is 0.440. The van der Waals surface area contributed by atoms with E-state index in [1.807, 2.05) is 19.1 Å². The average molecular weight is 211 g/mol. The number of methoxy groups -OCH3 is 2. The molecule has 0 saturated heterocycles. The smallest absolute Gasteiger partial charge is 0.203 e. The zero-order valence-corrected chi connectivity index (χ0v) is 9.37. The van der Waals surface area contributed by atoms with Gasteiger partial charge in [-0.1, -0.05) is 0 Å². The van der Waals surface area contributed by atoms with E-state index in [0.29, 0.717) is 30.4 Å². The van der Waals surface area contributed by atoms with E-state index in [1.165, 1.54) is 0 Å². The molecule has 4 heteroatoms. The lowest BCUT2D eigenvalue weighted by molar-refractivity contribution is 0.281. The summed E-state index contributed by atoms with van der Waals surface area (Å²) in [6, 6.07) is 3.79. The normalized spacial score (nSPS) is 9.87. The van der Waals surface area contributed by atoms with Crippen molar-refractivity contribution in [1.29, 1.82) is 0 Å². The number of hydrogen-bond acceptors (Lipinski definition) is 4. The molecule has 1 rings (SSSR count). The lowest BCUT2D eigenvalue weighted by atomic mass is 10.2. The molecule has 2 N–H and O–H groups in total. The van der Waals surface area contributed by atoms with Crippen LogP contribution in [0, 0.1) is 6.92 Å².